The lowest BCUT2D eigenvalue weighted by Crippen LogP contribution is -2.41. The molecule has 1 unspecified atom stereocenters. The number of para-hydroxylation sites is 1. The van der Waals surface area contributed by atoms with E-state index in [2.05, 4.69) is 25.2 Å². The second-order valence-electron chi connectivity index (χ2n) is 3.77. The number of nitrogens with one attached hydrogen (secondary N) is 1. The van der Waals surface area contributed by atoms with Crippen LogP contribution in [0.1, 0.15) is 19.4 Å². The van der Waals surface area contributed by atoms with Gasteiger partial charge >= 0.3 is 0 Å². The fraction of sp³-hybridized carbons (Fsp3) is 0.455. The van der Waals surface area contributed by atoms with Gasteiger partial charge in [0, 0.05) is 18.0 Å². The molecule has 0 fully saturated rings. The average Bonchev–Trinajstić information content (AvgIpc) is 2.17. The highest BCUT2D eigenvalue weighted by Crippen LogP contribution is 2.24. The minimum absolute atomic E-state index is 0.162. The van der Waals surface area contributed by atoms with Crippen LogP contribution in [0.4, 0.5) is 0 Å². The minimum Gasteiger partial charge on any atom is -0.475 e. The van der Waals surface area contributed by atoms with Crippen LogP contribution in [0.25, 0.3) is 0 Å². The molecule has 1 aromatic rings. The number of benzene rings is 1. The van der Waals surface area contributed by atoms with Crippen molar-refractivity contribution < 1.29 is 4.74 Å². The topological polar surface area (TPSA) is 21.3 Å². The standard InChI is InChI=1S/C11H15NO/c1-8(2)11-12-7-9-5-3-4-6-10(9)13-11/h3-6,8,11-12H,7H2,1-2H3. The first kappa shape index (κ1) is 8.57. The number of hydrogen-bond acceptors (Lipinski definition) is 2. The first-order valence-electron chi connectivity index (χ1n) is 4.75. The Morgan fingerprint density at radius 1 is 1.38 bits per heavy atom. The Morgan fingerprint density at radius 2 is 2.15 bits per heavy atom. The minimum atomic E-state index is 0.162. The summed E-state index contributed by atoms with van der Waals surface area (Å²) in [5.41, 5.74) is 1.25. The highest BCUT2D eigenvalue weighted by molar-refractivity contribution is 5.34. The van der Waals surface area contributed by atoms with Crippen LogP contribution >= 0.6 is 0 Å². The summed E-state index contributed by atoms with van der Waals surface area (Å²) in [6.45, 7) is 5.23. The van der Waals surface area contributed by atoms with E-state index in [1.54, 1.807) is 0 Å². The maximum absolute atomic E-state index is 5.78. The molecule has 0 saturated carbocycles. The summed E-state index contributed by atoms with van der Waals surface area (Å²) in [5, 5.41) is 3.35. The molecule has 2 heteroatoms. The van der Waals surface area contributed by atoms with Crippen molar-refractivity contribution >= 4 is 0 Å². The third-order valence-electron chi connectivity index (χ3n) is 2.33. The van der Waals surface area contributed by atoms with Crippen LogP contribution in [-0.2, 0) is 6.54 Å². The average molecular weight is 177 g/mol. The Kier molecular flexibility index (Phi) is 2.23. The number of ether oxygens (including phenoxy) is 1. The second-order valence-corrected chi connectivity index (χ2v) is 3.77. The summed E-state index contributed by atoms with van der Waals surface area (Å²) >= 11 is 0. The van der Waals surface area contributed by atoms with Crippen LogP contribution in [0.5, 0.6) is 5.75 Å². The molecule has 0 saturated heterocycles. The van der Waals surface area contributed by atoms with Crippen molar-refractivity contribution in [3.05, 3.63) is 29.8 Å². The van der Waals surface area contributed by atoms with E-state index in [4.69, 9.17) is 4.74 Å². The van der Waals surface area contributed by atoms with Crippen LogP contribution in [0.3, 0.4) is 0 Å². The van der Waals surface area contributed by atoms with Crippen molar-refractivity contribution in [3.63, 3.8) is 0 Å². The lowest BCUT2D eigenvalue weighted by Gasteiger charge is -2.29. The van der Waals surface area contributed by atoms with Gasteiger partial charge in [-0.05, 0) is 6.07 Å². The molecular formula is C11H15NO. The van der Waals surface area contributed by atoms with E-state index >= 15 is 0 Å². The summed E-state index contributed by atoms with van der Waals surface area (Å²) in [6.07, 6.45) is 0.162. The van der Waals surface area contributed by atoms with Crippen LogP contribution in [0.15, 0.2) is 24.3 Å². The van der Waals surface area contributed by atoms with Gasteiger partial charge in [-0.2, -0.15) is 0 Å². The van der Waals surface area contributed by atoms with Crippen LogP contribution in [0.2, 0.25) is 0 Å². The lowest BCUT2D eigenvalue weighted by molar-refractivity contribution is 0.0976. The van der Waals surface area contributed by atoms with Gasteiger partial charge in [0.2, 0.25) is 0 Å². The Labute approximate surface area is 78.9 Å². The maximum Gasteiger partial charge on any atom is 0.152 e. The van der Waals surface area contributed by atoms with E-state index in [9.17, 15) is 0 Å². The molecule has 1 heterocycles. The normalized spacial score (nSPS) is 21.0. The SMILES string of the molecule is CC(C)C1NCc2ccccc2O1. The zero-order chi connectivity index (χ0) is 9.26. The molecule has 1 N–H and O–H groups in total. The Bertz CT molecular complexity index is 296. The molecular weight excluding hydrogens is 162 g/mol. The monoisotopic (exact) mass is 177 g/mol. The molecule has 0 bridgehead atoms. The molecule has 0 aromatic heterocycles. The number of rotatable bonds is 1. The maximum atomic E-state index is 5.78. The highest BCUT2D eigenvalue weighted by Gasteiger charge is 2.20. The van der Waals surface area contributed by atoms with Crippen molar-refractivity contribution in [2.24, 2.45) is 5.92 Å². The third kappa shape index (κ3) is 1.68. The lowest BCUT2D eigenvalue weighted by atomic mass is 10.1. The second kappa shape index (κ2) is 3.38. The molecule has 0 aliphatic carbocycles. The molecule has 1 aliphatic heterocycles. The van der Waals surface area contributed by atoms with Gasteiger partial charge in [0.1, 0.15) is 5.75 Å². The van der Waals surface area contributed by atoms with E-state index in [-0.39, 0.29) is 6.23 Å². The molecule has 0 spiro atoms. The van der Waals surface area contributed by atoms with Crippen molar-refractivity contribution in [2.75, 3.05) is 0 Å². The van der Waals surface area contributed by atoms with E-state index in [1.165, 1.54) is 5.56 Å². The molecule has 70 valence electrons. The van der Waals surface area contributed by atoms with Gasteiger partial charge in [0.05, 0.1) is 0 Å². The van der Waals surface area contributed by atoms with Crippen LogP contribution in [0, 0.1) is 5.92 Å². The quantitative estimate of drug-likeness (QED) is 0.709. The Morgan fingerprint density at radius 3 is 2.92 bits per heavy atom. The Balaban J connectivity index is 2.20. The first-order chi connectivity index (χ1) is 6.27. The van der Waals surface area contributed by atoms with E-state index < -0.39 is 0 Å². The molecule has 1 aromatic carbocycles. The van der Waals surface area contributed by atoms with Crippen LogP contribution < -0.4 is 10.1 Å². The predicted molar refractivity (Wildman–Crippen MR) is 52.5 cm³/mol. The zero-order valence-corrected chi connectivity index (χ0v) is 8.08. The largest absolute Gasteiger partial charge is 0.475 e. The van der Waals surface area contributed by atoms with Crippen molar-refractivity contribution in [3.8, 4) is 5.75 Å². The summed E-state index contributed by atoms with van der Waals surface area (Å²) < 4.78 is 5.78. The molecule has 13 heavy (non-hydrogen) atoms. The van der Waals surface area contributed by atoms with Crippen molar-refractivity contribution in [1.29, 1.82) is 0 Å². The molecule has 0 amide bonds. The van der Waals surface area contributed by atoms with Gasteiger partial charge in [-0.25, -0.2) is 0 Å². The zero-order valence-electron chi connectivity index (χ0n) is 8.08. The summed E-state index contributed by atoms with van der Waals surface area (Å²) in [4.78, 5) is 0. The van der Waals surface area contributed by atoms with Gasteiger partial charge in [-0.15, -0.1) is 0 Å². The molecule has 0 radical (unpaired) electrons. The Hall–Kier alpha value is -1.02. The summed E-state index contributed by atoms with van der Waals surface area (Å²) in [6, 6.07) is 8.19. The van der Waals surface area contributed by atoms with Crippen molar-refractivity contribution in [1.82, 2.24) is 5.32 Å². The van der Waals surface area contributed by atoms with E-state index in [0.29, 0.717) is 5.92 Å². The van der Waals surface area contributed by atoms with E-state index in [0.717, 1.165) is 12.3 Å². The van der Waals surface area contributed by atoms with Crippen LogP contribution in [-0.4, -0.2) is 6.23 Å². The predicted octanol–water partition coefficient (Wildman–Crippen LogP) is 2.15. The molecule has 1 aliphatic rings. The van der Waals surface area contributed by atoms with Gasteiger partial charge in [0.25, 0.3) is 0 Å². The first-order valence-corrected chi connectivity index (χ1v) is 4.75. The van der Waals surface area contributed by atoms with E-state index in [1.807, 2.05) is 18.2 Å². The summed E-state index contributed by atoms with van der Waals surface area (Å²) in [7, 11) is 0. The van der Waals surface area contributed by atoms with Gasteiger partial charge in [0.15, 0.2) is 6.23 Å². The van der Waals surface area contributed by atoms with Gasteiger partial charge in [-0.3, -0.25) is 5.32 Å². The highest BCUT2D eigenvalue weighted by atomic mass is 16.5. The number of hydrogen-bond donors (Lipinski definition) is 1. The smallest absolute Gasteiger partial charge is 0.152 e. The van der Waals surface area contributed by atoms with Crippen molar-refractivity contribution in [2.45, 2.75) is 26.6 Å². The fourth-order valence-corrected chi connectivity index (χ4v) is 1.53. The third-order valence-corrected chi connectivity index (χ3v) is 2.33. The summed E-state index contributed by atoms with van der Waals surface area (Å²) in [5.74, 6) is 1.54. The molecule has 2 nitrogen and oxygen atoms in total. The fourth-order valence-electron chi connectivity index (χ4n) is 1.53. The molecule has 2 rings (SSSR count). The number of fused-ring (bicyclic) bond motifs is 1. The van der Waals surface area contributed by atoms with Gasteiger partial charge < -0.3 is 4.74 Å². The molecule has 1 atom stereocenters. The van der Waals surface area contributed by atoms with Gasteiger partial charge in [-0.1, -0.05) is 32.0 Å².